The molecule has 0 atom stereocenters. The number of nitrogens with zero attached hydrogens (tertiary/aromatic N) is 1. The van der Waals surface area contributed by atoms with Crippen molar-refractivity contribution in [3.63, 3.8) is 0 Å². The highest BCUT2D eigenvalue weighted by atomic mass is 16.4. The van der Waals surface area contributed by atoms with E-state index in [1.807, 2.05) is 0 Å². The maximum Gasteiger partial charge on any atom is 0.407 e. The van der Waals surface area contributed by atoms with Gasteiger partial charge in [-0.3, -0.25) is 0 Å². The number of carboxylic acid groups (broad SMARTS) is 1. The Kier molecular flexibility index (Phi) is 4.24. The Hall–Kier alpha value is -1.51. The van der Waals surface area contributed by atoms with Crippen molar-refractivity contribution in [1.29, 1.82) is 0 Å². The van der Waals surface area contributed by atoms with Gasteiger partial charge in [-0.2, -0.15) is 0 Å². The lowest BCUT2D eigenvalue weighted by Gasteiger charge is -2.29. The van der Waals surface area contributed by atoms with E-state index in [-0.39, 0.29) is 0 Å². The summed E-state index contributed by atoms with van der Waals surface area (Å²) in [5.41, 5.74) is 2.71. The lowest BCUT2D eigenvalue weighted by Crippen LogP contribution is -2.37. The molecule has 0 aromatic heterocycles. The van der Waals surface area contributed by atoms with Gasteiger partial charge in [0, 0.05) is 13.1 Å². The molecule has 1 aromatic carbocycles. The molecule has 2 rings (SSSR count). The summed E-state index contributed by atoms with van der Waals surface area (Å²) in [5, 5.41) is 8.89. The third-order valence-electron chi connectivity index (χ3n) is 3.81. The van der Waals surface area contributed by atoms with Crippen LogP contribution in [0, 0.1) is 12.8 Å². The molecular weight excluding hydrogens is 226 g/mol. The normalized spacial score (nSPS) is 16.8. The monoisotopic (exact) mass is 247 g/mol. The summed E-state index contributed by atoms with van der Waals surface area (Å²) >= 11 is 0. The van der Waals surface area contributed by atoms with E-state index in [0.717, 1.165) is 19.3 Å². The fourth-order valence-corrected chi connectivity index (χ4v) is 2.65. The van der Waals surface area contributed by atoms with Crippen LogP contribution < -0.4 is 0 Å². The molecule has 0 spiro atoms. The largest absolute Gasteiger partial charge is 0.465 e. The molecule has 1 N–H and O–H groups in total. The average molecular weight is 247 g/mol. The minimum absolute atomic E-state index is 0.682. The Balaban J connectivity index is 1.77. The van der Waals surface area contributed by atoms with Gasteiger partial charge in [-0.15, -0.1) is 0 Å². The zero-order valence-electron chi connectivity index (χ0n) is 10.9. The topological polar surface area (TPSA) is 40.5 Å². The van der Waals surface area contributed by atoms with Crippen molar-refractivity contribution >= 4 is 6.09 Å². The molecule has 1 saturated heterocycles. The third kappa shape index (κ3) is 3.49. The minimum atomic E-state index is -0.771. The van der Waals surface area contributed by atoms with Crippen molar-refractivity contribution in [1.82, 2.24) is 4.90 Å². The first-order chi connectivity index (χ1) is 8.65. The molecule has 98 valence electrons. The van der Waals surface area contributed by atoms with Crippen LogP contribution in [0.15, 0.2) is 24.3 Å². The van der Waals surface area contributed by atoms with Gasteiger partial charge in [-0.05, 0) is 44.1 Å². The van der Waals surface area contributed by atoms with Crippen LogP contribution in [0.25, 0.3) is 0 Å². The standard InChI is InChI=1S/C15H21NO2/c1-12-3-2-4-14(11-12)6-5-13-7-9-16(10-8-13)15(17)18/h2-4,11,13H,5-10H2,1H3,(H,17,18). The zero-order chi connectivity index (χ0) is 13.0. The highest BCUT2D eigenvalue weighted by molar-refractivity contribution is 5.64. The SMILES string of the molecule is Cc1cccc(CCC2CCN(C(=O)O)CC2)c1. The van der Waals surface area contributed by atoms with Crippen LogP contribution in [0.5, 0.6) is 0 Å². The highest BCUT2D eigenvalue weighted by Crippen LogP contribution is 2.22. The average Bonchev–Trinajstić information content (AvgIpc) is 2.37. The Labute approximate surface area is 108 Å². The minimum Gasteiger partial charge on any atom is -0.465 e. The summed E-state index contributed by atoms with van der Waals surface area (Å²) in [6, 6.07) is 8.65. The number of rotatable bonds is 3. The van der Waals surface area contributed by atoms with Gasteiger partial charge in [0.2, 0.25) is 0 Å². The molecule has 0 unspecified atom stereocenters. The molecule has 0 aliphatic carbocycles. The predicted octanol–water partition coefficient (Wildman–Crippen LogP) is 3.32. The summed E-state index contributed by atoms with van der Waals surface area (Å²) < 4.78 is 0. The van der Waals surface area contributed by atoms with Crippen molar-refractivity contribution in [2.45, 2.75) is 32.6 Å². The van der Waals surface area contributed by atoms with Crippen LogP contribution in [0.3, 0.4) is 0 Å². The fraction of sp³-hybridized carbons (Fsp3) is 0.533. The Morgan fingerprint density at radius 2 is 2.11 bits per heavy atom. The number of piperidine rings is 1. The van der Waals surface area contributed by atoms with Gasteiger partial charge >= 0.3 is 6.09 Å². The fourth-order valence-electron chi connectivity index (χ4n) is 2.65. The number of hydrogen-bond donors (Lipinski definition) is 1. The van der Waals surface area contributed by atoms with E-state index in [0.29, 0.717) is 19.0 Å². The van der Waals surface area contributed by atoms with E-state index in [4.69, 9.17) is 5.11 Å². The summed E-state index contributed by atoms with van der Waals surface area (Å²) in [6.45, 7) is 3.52. The number of likely N-dealkylation sites (tertiary alicyclic amines) is 1. The molecule has 1 aromatic rings. The molecule has 0 saturated carbocycles. The Bertz CT molecular complexity index is 409. The maximum atomic E-state index is 10.8. The Morgan fingerprint density at radius 3 is 2.72 bits per heavy atom. The van der Waals surface area contributed by atoms with E-state index in [9.17, 15) is 4.79 Å². The molecule has 3 heteroatoms. The van der Waals surface area contributed by atoms with E-state index in [1.165, 1.54) is 22.4 Å². The van der Waals surface area contributed by atoms with Crippen molar-refractivity contribution in [3.8, 4) is 0 Å². The van der Waals surface area contributed by atoms with Gasteiger partial charge in [0.1, 0.15) is 0 Å². The number of hydrogen-bond acceptors (Lipinski definition) is 1. The van der Waals surface area contributed by atoms with Crippen molar-refractivity contribution in [3.05, 3.63) is 35.4 Å². The summed E-state index contributed by atoms with van der Waals surface area (Å²) in [7, 11) is 0. The first-order valence-corrected chi connectivity index (χ1v) is 6.68. The van der Waals surface area contributed by atoms with Gasteiger partial charge in [0.05, 0.1) is 0 Å². The van der Waals surface area contributed by atoms with E-state index < -0.39 is 6.09 Å². The van der Waals surface area contributed by atoms with Gasteiger partial charge in [0.25, 0.3) is 0 Å². The molecule has 3 nitrogen and oxygen atoms in total. The van der Waals surface area contributed by atoms with E-state index in [2.05, 4.69) is 31.2 Å². The quantitative estimate of drug-likeness (QED) is 0.890. The van der Waals surface area contributed by atoms with Crippen molar-refractivity contribution in [2.24, 2.45) is 5.92 Å². The second kappa shape index (κ2) is 5.89. The molecule has 1 aliphatic rings. The second-order valence-corrected chi connectivity index (χ2v) is 5.24. The number of carbonyl (C=O) groups is 1. The van der Waals surface area contributed by atoms with Crippen molar-refractivity contribution in [2.75, 3.05) is 13.1 Å². The lowest BCUT2D eigenvalue weighted by atomic mass is 9.90. The van der Waals surface area contributed by atoms with E-state index in [1.54, 1.807) is 0 Å². The van der Waals surface area contributed by atoms with Crippen LogP contribution in [0.4, 0.5) is 4.79 Å². The molecule has 0 bridgehead atoms. The smallest absolute Gasteiger partial charge is 0.407 e. The number of amides is 1. The van der Waals surface area contributed by atoms with Crippen LogP contribution in [-0.2, 0) is 6.42 Å². The highest BCUT2D eigenvalue weighted by Gasteiger charge is 2.21. The first kappa shape index (κ1) is 12.9. The van der Waals surface area contributed by atoms with Crippen molar-refractivity contribution < 1.29 is 9.90 Å². The van der Waals surface area contributed by atoms with Crippen LogP contribution >= 0.6 is 0 Å². The van der Waals surface area contributed by atoms with Crippen LogP contribution in [0.2, 0.25) is 0 Å². The Morgan fingerprint density at radius 1 is 1.39 bits per heavy atom. The molecule has 1 heterocycles. The summed E-state index contributed by atoms with van der Waals surface area (Å²) in [5.74, 6) is 0.682. The summed E-state index contributed by atoms with van der Waals surface area (Å²) in [4.78, 5) is 12.3. The second-order valence-electron chi connectivity index (χ2n) is 5.24. The predicted molar refractivity (Wildman–Crippen MR) is 71.8 cm³/mol. The first-order valence-electron chi connectivity index (χ1n) is 6.68. The molecule has 18 heavy (non-hydrogen) atoms. The third-order valence-corrected chi connectivity index (χ3v) is 3.81. The maximum absolute atomic E-state index is 10.8. The van der Waals surface area contributed by atoms with E-state index >= 15 is 0 Å². The molecule has 0 radical (unpaired) electrons. The van der Waals surface area contributed by atoms with Gasteiger partial charge < -0.3 is 10.0 Å². The lowest BCUT2D eigenvalue weighted by molar-refractivity contribution is 0.123. The van der Waals surface area contributed by atoms with Crippen LogP contribution in [0.1, 0.15) is 30.4 Å². The molecule has 1 aliphatic heterocycles. The number of benzene rings is 1. The van der Waals surface area contributed by atoms with Gasteiger partial charge in [-0.25, -0.2) is 4.79 Å². The molecule has 1 amide bonds. The van der Waals surface area contributed by atoms with Crippen LogP contribution in [-0.4, -0.2) is 29.2 Å². The molecular formula is C15H21NO2. The number of aryl methyl sites for hydroxylation is 2. The molecule has 1 fully saturated rings. The zero-order valence-corrected chi connectivity index (χ0v) is 10.9. The van der Waals surface area contributed by atoms with Gasteiger partial charge in [0.15, 0.2) is 0 Å². The summed E-state index contributed by atoms with van der Waals surface area (Å²) in [6.07, 6.45) is 3.54. The van der Waals surface area contributed by atoms with Gasteiger partial charge in [-0.1, -0.05) is 29.8 Å².